The number of hydrogen-bond donors (Lipinski definition) is 2. The first-order valence-electron chi connectivity index (χ1n) is 7.69. The average Bonchev–Trinajstić information content (AvgIpc) is 2.55. The minimum atomic E-state index is -4.07. The summed E-state index contributed by atoms with van der Waals surface area (Å²) in [5.41, 5.74) is -0.525. The zero-order valence-corrected chi connectivity index (χ0v) is 15.2. The third kappa shape index (κ3) is 4.14. The van der Waals surface area contributed by atoms with Gasteiger partial charge in [-0.25, -0.2) is 13.1 Å². The highest BCUT2D eigenvalue weighted by Gasteiger charge is 2.33. The van der Waals surface area contributed by atoms with Crippen LogP contribution >= 0.6 is 12.4 Å². The van der Waals surface area contributed by atoms with Crippen LogP contribution in [0.25, 0.3) is 0 Å². The monoisotopic (exact) mass is 393 g/mol. The van der Waals surface area contributed by atoms with E-state index >= 15 is 0 Å². The molecule has 11 heteroatoms. The number of nitrogens with zero attached hydrogens (tertiary/aromatic N) is 1. The van der Waals surface area contributed by atoms with Gasteiger partial charge in [-0.1, -0.05) is 6.92 Å². The molecule has 1 aromatic rings. The molecule has 2 atom stereocenters. The average molecular weight is 394 g/mol. The fraction of sp³-hybridized carbons (Fsp3) is 0.571. The van der Waals surface area contributed by atoms with Crippen LogP contribution < -0.4 is 19.5 Å². The third-order valence-electron chi connectivity index (χ3n) is 4.24. The van der Waals surface area contributed by atoms with Crippen molar-refractivity contribution in [3.8, 4) is 11.5 Å². The molecule has 1 fully saturated rings. The maximum atomic E-state index is 12.7. The maximum absolute atomic E-state index is 12.7. The summed E-state index contributed by atoms with van der Waals surface area (Å²) in [6.07, 6.45) is 0.830. The topological polar surface area (TPSA) is 120 Å². The van der Waals surface area contributed by atoms with Crippen LogP contribution in [0.2, 0.25) is 0 Å². The van der Waals surface area contributed by atoms with E-state index in [1.807, 2.05) is 6.92 Å². The van der Waals surface area contributed by atoms with Crippen molar-refractivity contribution < 1.29 is 22.8 Å². The number of benzene rings is 1. The standard InChI is InChI=1S/C14H19N3O6S.ClH/c1-9-2-3-15-8-10(9)16-24(20,21)14-7-13-12(22-4-5-23-13)6-11(14)17(18)19;/h6-7,9-10,15-16H,2-5,8H2,1H3;1H. The van der Waals surface area contributed by atoms with E-state index < -0.39 is 25.5 Å². The molecule has 1 aromatic carbocycles. The van der Waals surface area contributed by atoms with Crippen LogP contribution in [0, 0.1) is 16.0 Å². The van der Waals surface area contributed by atoms with Crippen molar-refractivity contribution in [2.24, 2.45) is 5.92 Å². The summed E-state index contributed by atoms with van der Waals surface area (Å²) in [6.45, 7) is 3.79. The van der Waals surface area contributed by atoms with Crippen molar-refractivity contribution in [2.75, 3.05) is 26.3 Å². The molecule has 2 aliphatic heterocycles. The minimum absolute atomic E-state index is 0. The van der Waals surface area contributed by atoms with Gasteiger partial charge in [-0.2, -0.15) is 0 Å². The van der Waals surface area contributed by atoms with Crippen LogP contribution in [0.15, 0.2) is 17.0 Å². The fourth-order valence-electron chi connectivity index (χ4n) is 2.83. The molecule has 0 aromatic heterocycles. The van der Waals surface area contributed by atoms with Gasteiger partial charge in [0.1, 0.15) is 13.2 Å². The van der Waals surface area contributed by atoms with Crippen molar-refractivity contribution in [3.63, 3.8) is 0 Å². The minimum Gasteiger partial charge on any atom is -0.486 e. The quantitative estimate of drug-likeness (QED) is 0.579. The van der Waals surface area contributed by atoms with Gasteiger partial charge in [-0.3, -0.25) is 10.1 Å². The summed E-state index contributed by atoms with van der Waals surface area (Å²) in [4.78, 5) is 10.2. The number of hydrogen-bond acceptors (Lipinski definition) is 7. The summed E-state index contributed by atoms with van der Waals surface area (Å²) in [6, 6.07) is 1.94. The van der Waals surface area contributed by atoms with E-state index in [-0.39, 0.29) is 49.1 Å². The molecule has 3 rings (SSSR count). The first kappa shape index (κ1) is 19.7. The second kappa shape index (κ2) is 7.73. The Morgan fingerprint density at radius 2 is 1.92 bits per heavy atom. The molecule has 1 saturated heterocycles. The van der Waals surface area contributed by atoms with E-state index in [0.717, 1.165) is 25.1 Å². The van der Waals surface area contributed by atoms with E-state index in [9.17, 15) is 18.5 Å². The second-order valence-electron chi connectivity index (χ2n) is 5.92. The Bertz CT molecular complexity index is 757. The maximum Gasteiger partial charge on any atom is 0.293 e. The van der Waals surface area contributed by atoms with Crippen molar-refractivity contribution in [1.29, 1.82) is 0 Å². The number of nitro benzene ring substituents is 1. The van der Waals surface area contributed by atoms with Gasteiger partial charge in [0.15, 0.2) is 16.4 Å². The lowest BCUT2D eigenvalue weighted by molar-refractivity contribution is -0.388. The Morgan fingerprint density at radius 3 is 2.52 bits per heavy atom. The van der Waals surface area contributed by atoms with Crippen LogP contribution in [-0.2, 0) is 10.0 Å². The van der Waals surface area contributed by atoms with Gasteiger partial charge >= 0.3 is 0 Å². The molecule has 0 amide bonds. The van der Waals surface area contributed by atoms with Crippen LogP contribution in [0.1, 0.15) is 13.3 Å². The van der Waals surface area contributed by atoms with Crippen molar-refractivity contribution >= 4 is 28.1 Å². The molecule has 140 valence electrons. The highest BCUT2D eigenvalue weighted by atomic mass is 35.5. The van der Waals surface area contributed by atoms with Gasteiger partial charge in [0.2, 0.25) is 10.0 Å². The van der Waals surface area contributed by atoms with Crippen molar-refractivity contribution in [3.05, 3.63) is 22.2 Å². The predicted molar refractivity (Wildman–Crippen MR) is 92.1 cm³/mol. The van der Waals surface area contributed by atoms with Crippen LogP contribution in [-0.4, -0.2) is 45.7 Å². The van der Waals surface area contributed by atoms with Gasteiger partial charge in [0.25, 0.3) is 5.69 Å². The van der Waals surface area contributed by atoms with Crippen molar-refractivity contribution in [2.45, 2.75) is 24.3 Å². The first-order chi connectivity index (χ1) is 11.4. The zero-order valence-electron chi connectivity index (χ0n) is 13.6. The molecule has 0 saturated carbocycles. The summed E-state index contributed by atoms with van der Waals surface area (Å²) in [7, 11) is -4.07. The van der Waals surface area contributed by atoms with E-state index in [0.29, 0.717) is 6.54 Å². The molecule has 0 spiro atoms. The van der Waals surface area contributed by atoms with E-state index in [4.69, 9.17) is 9.47 Å². The Morgan fingerprint density at radius 1 is 1.28 bits per heavy atom. The summed E-state index contributed by atoms with van der Waals surface area (Å²) in [5, 5.41) is 14.4. The number of nitrogens with one attached hydrogen (secondary N) is 2. The number of sulfonamides is 1. The van der Waals surface area contributed by atoms with Gasteiger partial charge in [0.05, 0.1) is 11.0 Å². The first-order valence-corrected chi connectivity index (χ1v) is 9.18. The molecule has 25 heavy (non-hydrogen) atoms. The molecule has 2 unspecified atom stereocenters. The normalized spacial score (nSPS) is 22.8. The zero-order chi connectivity index (χ0) is 17.3. The Kier molecular flexibility index (Phi) is 6.09. The lowest BCUT2D eigenvalue weighted by Gasteiger charge is -2.30. The predicted octanol–water partition coefficient (Wildman–Crippen LogP) is 1.06. The fourth-order valence-corrected chi connectivity index (χ4v) is 4.34. The molecule has 0 bridgehead atoms. The van der Waals surface area contributed by atoms with E-state index in [1.165, 1.54) is 0 Å². The molecule has 2 N–H and O–H groups in total. The molecular formula is C14H20ClN3O6S. The van der Waals surface area contributed by atoms with Crippen LogP contribution in [0.3, 0.4) is 0 Å². The van der Waals surface area contributed by atoms with Crippen LogP contribution in [0.5, 0.6) is 11.5 Å². The highest BCUT2D eigenvalue weighted by Crippen LogP contribution is 2.38. The molecule has 0 aliphatic carbocycles. The molecular weight excluding hydrogens is 374 g/mol. The highest BCUT2D eigenvalue weighted by molar-refractivity contribution is 7.89. The van der Waals surface area contributed by atoms with Gasteiger partial charge < -0.3 is 14.8 Å². The molecule has 0 radical (unpaired) electrons. The lowest BCUT2D eigenvalue weighted by Crippen LogP contribution is -2.50. The molecule has 2 heterocycles. The smallest absolute Gasteiger partial charge is 0.293 e. The number of piperidine rings is 1. The number of rotatable bonds is 4. The largest absolute Gasteiger partial charge is 0.486 e. The number of halogens is 1. The summed E-state index contributed by atoms with van der Waals surface area (Å²) >= 11 is 0. The third-order valence-corrected chi connectivity index (χ3v) is 5.76. The Hall–Kier alpha value is -1.62. The summed E-state index contributed by atoms with van der Waals surface area (Å²) in [5.74, 6) is 0.513. The lowest BCUT2D eigenvalue weighted by atomic mass is 9.96. The molecule has 2 aliphatic rings. The van der Waals surface area contributed by atoms with Gasteiger partial charge in [-0.15, -0.1) is 12.4 Å². The Labute approximate surface area is 151 Å². The van der Waals surface area contributed by atoms with Gasteiger partial charge in [0, 0.05) is 18.7 Å². The second-order valence-corrected chi connectivity index (χ2v) is 7.60. The number of nitro groups is 1. The van der Waals surface area contributed by atoms with Gasteiger partial charge in [-0.05, 0) is 18.9 Å². The summed E-state index contributed by atoms with van der Waals surface area (Å²) < 4.78 is 38.7. The van der Waals surface area contributed by atoms with E-state index in [1.54, 1.807) is 0 Å². The van der Waals surface area contributed by atoms with E-state index in [2.05, 4.69) is 10.0 Å². The van der Waals surface area contributed by atoms with Crippen molar-refractivity contribution in [1.82, 2.24) is 10.0 Å². The number of fused-ring (bicyclic) bond motifs is 1. The number of ether oxygens (including phenoxy) is 2. The molecule has 9 nitrogen and oxygen atoms in total. The van der Waals surface area contributed by atoms with Crippen LogP contribution in [0.4, 0.5) is 5.69 Å². The SMILES string of the molecule is CC1CCNCC1NS(=O)(=O)c1cc2c(cc1[N+](=O)[O-])OCCO2.Cl. The Balaban J connectivity index is 0.00000225.